The smallest absolute Gasteiger partial charge is 0.422 e. The van der Waals surface area contributed by atoms with E-state index in [0.29, 0.717) is 34.2 Å². The molecule has 0 aliphatic heterocycles. The number of hydrogen-bond acceptors (Lipinski definition) is 5. The largest absolute Gasteiger partial charge is 0.484 e. The minimum absolute atomic E-state index is 0.0670. The molecular formula is C18H18F3N3O3S. The summed E-state index contributed by atoms with van der Waals surface area (Å²) in [5.74, 6) is 0.764. The summed E-state index contributed by atoms with van der Waals surface area (Å²) in [5.41, 5.74) is 1.12. The summed E-state index contributed by atoms with van der Waals surface area (Å²) >= 11 is 1.41. The molecule has 0 aliphatic carbocycles. The quantitative estimate of drug-likeness (QED) is 0.346. The van der Waals surface area contributed by atoms with Crippen LogP contribution in [0.25, 0.3) is 16.7 Å². The van der Waals surface area contributed by atoms with Gasteiger partial charge < -0.3 is 14.5 Å². The van der Waals surface area contributed by atoms with Crippen LogP contribution in [-0.2, 0) is 4.74 Å². The number of methoxy groups -OCH3 is 1. The average molecular weight is 413 g/mol. The lowest BCUT2D eigenvalue weighted by Crippen LogP contribution is -2.22. The third kappa shape index (κ3) is 4.87. The van der Waals surface area contributed by atoms with Crippen LogP contribution in [-0.4, -0.2) is 46.8 Å². The Hall–Kier alpha value is -2.46. The van der Waals surface area contributed by atoms with Crippen molar-refractivity contribution in [2.24, 2.45) is 0 Å². The summed E-state index contributed by atoms with van der Waals surface area (Å²) in [6.07, 6.45) is -1.99. The molecule has 1 aromatic carbocycles. The number of halogens is 3. The Labute approximate surface area is 162 Å². The van der Waals surface area contributed by atoms with Crippen LogP contribution in [0.2, 0.25) is 0 Å². The van der Waals surface area contributed by atoms with Crippen LogP contribution in [0.1, 0.15) is 6.42 Å². The van der Waals surface area contributed by atoms with Gasteiger partial charge in [0.15, 0.2) is 11.8 Å². The lowest BCUT2D eigenvalue weighted by molar-refractivity contribution is -0.153. The molecule has 1 N–H and O–H groups in total. The molecule has 3 aromatic rings. The Morgan fingerprint density at radius 2 is 1.96 bits per heavy atom. The summed E-state index contributed by atoms with van der Waals surface area (Å²) in [6, 6.07) is 7.57. The fraction of sp³-hybridized carbons (Fsp3) is 0.333. The van der Waals surface area contributed by atoms with Gasteiger partial charge in [-0.1, -0.05) is 11.8 Å². The lowest BCUT2D eigenvalue weighted by Gasteiger charge is -2.13. The molecule has 0 bridgehead atoms. The molecule has 0 amide bonds. The molecule has 2 aromatic heterocycles. The highest BCUT2D eigenvalue weighted by Gasteiger charge is 2.28. The second-order valence-electron chi connectivity index (χ2n) is 5.87. The van der Waals surface area contributed by atoms with E-state index in [9.17, 15) is 18.0 Å². The van der Waals surface area contributed by atoms with Gasteiger partial charge in [-0.05, 0) is 36.8 Å². The molecule has 0 saturated heterocycles. The number of nitrogens with one attached hydrogen (secondary N) is 1. The fourth-order valence-electron chi connectivity index (χ4n) is 2.53. The summed E-state index contributed by atoms with van der Waals surface area (Å²) in [5, 5.41) is 0.497. The first-order valence-electron chi connectivity index (χ1n) is 8.41. The molecule has 0 fully saturated rings. The standard InChI is InChI=1S/C18H18F3N3O3S/c1-26-9-2-10-28-17-23-14-7-8-22-15(14)16(25)24(17)12-3-5-13(6-4-12)27-11-18(19,20)21/h3-8,22H,2,9-11H2,1H3. The maximum Gasteiger partial charge on any atom is 0.422 e. The first-order valence-corrected chi connectivity index (χ1v) is 9.39. The zero-order valence-electron chi connectivity index (χ0n) is 15.0. The van der Waals surface area contributed by atoms with Crippen LogP contribution in [0.5, 0.6) is 5.75 Å². The molecule has 0 atom stereocenters. The van der Waals surface area contributed by atoms with E-state index in [1.54, 1.807) is 19.4 Å². The van der Waals surface area contributed by atoms with Gasteiger partial charge >= 0.3 is 6.18 Å². The number of H-pyrrole nitrogens is 1. The molecule has 0 aliphatic rings. The second-order valence-corrected chi connectivity index (χ2v) is 6.93. The number of aromatic nitrogens is 3. The zero-order chi connectivity index (χ0) is 20.1. The monoisotopic (exact) mass is 413 g/mol. The van der Waals surface area contributed by atoms with Crippen LogP contribution < -0.4 is 10.3 Å². The van der Waals surface area contributed by atoms with Crippen molar-refractivity contribution in [1.29, 1.82) is 0 Å². The summed E-state index contributed by atoms with van der Waals surface area (Å²) < 4.78 is 48.1. The van der Waals surface area contributed by atoms with Crippen molar-refractivity contribution in [1.82, 2.24) is 14.5 Å². The number of nitrogens with zero attached hydrogens (tertiary/aromatic N) is 2. The number of ether oxygens (including phenoxy) is 2. The van der Waals surface area contributed by atoms with Crippen LogP contribution in [0.4, 0.5) is 13.2 Å². The van der Waals surface area contributed by atoms with E-state index < -0.39 is 12.8 Å². The first-order chi connectivity index (χ1) is 13.4. The number of rotatable bonds is 8. The topological polar surface area (TPSA) is 69.1 Å². The zero-order valence-corrected chi connectivity index (χ0v) is 15.8. The van der Waals surface area contributed by atoms with Crippen LogP contribution in [0, 0.1) is 0 Å². The van der Waals surface area contributed by atoms with Gasteiger partial charge in [0.25, 0.3) is 5.56 Å². The van der Waals surface area contributed by atoms with Crippen molar-refractivity contribution >= 4 is 22.8 Å². The molecular weight excluding hydrogens is 395 g/mol. The van der Waals surface area contributed by atoms with Gasteiger partial charge in [-0.15, -0.1) is 0 Å². The third-order valence-corrected chi connectivity index (χ3v) is 4.80. The van der Waals surface area contributed by atoms with E-state index in [0.717, 1.165) is 6.42 Å². The first kappa shape index (κ1) is 20.3. The minimum Gasteiger partial charge on any atom is -0.484 e. The third-order valence-electron chi connectivity index (χ3n) is 3.77. The Bertz CT molecular complexity index is 984. The summed E-state index contributed by atoms with van der Waals surface area (Å²) in [7, 11) is 1.62. The lowest BCUT2D eigenvalue weighted by atomic mass is 10.3. The van der Waals surface area contributed by atoms with E-state index in [1.165, 1.54) is 40.6 Å². The van der Waals surface area contributed by atoms with Gasteiger partial charge in [0.1, 0.15) is 11.3 Å². The van der Waals surface area contributed by atoms with Gasteiger partial charge in [-0.3, -0.25) is 9.36 Å². The number of hydrogen-bond donors (Lipinski definition) is 1. The van der Waals surface area contributed by atoms with Crippen molar-refractivity contribution in [3.63, 3.8) is 0 Å². The molecule has 10 heteroatoms. The van der Waals surface area contributed by atoms with Crippen molar-refractivity contribution in [3.05, 3.63) is 46.9 Å². The number of alkyl halides is 3. The van der Waals surface area contributed by atoms with Crippen LogP contribution in [0.15, 0.2) is 46.5 Å². The van der Waals surface area contributed by atoms with Crippen LogP contribution in [0.3, 0.4) is 0 Å². The van der Waals surface area contributed by atoms with E-state index in [2.05, 4.69) is 9.97 Å². The van der Waals surface area contributed by atoms with Crippen molar-refractivity contribution in [2.75, 3.05) is 26.1 Å². The van der Waals surface area contributed by atoms with Gasteiger partial charge in [-0.25, -0.2) is 4.98 Å². The normalized spacial score (nSPS) is 11.9. The molecule has 0 unspecified atom stereocenters. The van der Waals surface area contributed by atoms with E-state index >= 15 is 0 Å². The molecule has 0 spiro atoms. The SMILES string of the molecule is COCCCSc1nc2cc[nH]c2c(=O)n1-c1ccc(OCC(F)(F)F)cc1. The van der Waals surface area contributed by atoms with E-state index in [4.69, 9.17) is 9.47 Å². The molecule has 150 valence electrons. The van der Waals surface area contributed by atoms with Crippen LogP contribution >= 0.6 is 11.8 Å². The Kier molecular flexibility index (Phi) is 6.30. The Balaban J connectivity index is 1.91. The average Bonchev–Trinajstić information content (AvgIpc) is 3.13. The molecule has 3 rings (SSSR count). The molecule has 28 heavy (non-hydrogen) atoms. The Morgan fingerprint density at radius 1 is 1.21 bits per heavy atom. The van der Waals surface area contributed by atoms with Crippen molar-refractivity contribution in [3.8, 4) is 11.4 Å². The fourth-order valence-corrected chi connectivity index (χ4v) is 3.45. The van der Waals surface area contributed by atoms with Gasteiger partial charge in [0.2, 0.25) is 0 Å². The van der Waals surface area contributed by atoms with E-state index in [1.807, 2.05) is 0 Å². The maximum absolute atomic E-state index is 12.9. The van der Waals surface area contributed by atoms with E-state index in [-0.39, 0.29) is 11.3 Å². The number of aromatic amines is 1. The minimum atomic E-state index is -4.41. The molecule has 0 saturated carbocycles. The number of benzene rings is 1. The highest BCUT2D eigenvalue weighted by Crippen LogP contribution is 2.24. The molecule has 0 radical (unpaired) electrons. The predicted octanol–water partition coefficient (Wildman–Crippen LogP) is 3.78. The predicted molar refractivity (Wildman–Crippen MR) is 100 cm³/mol. The van der Waals surface area contributed by atoms with Gasteiger partial charge in [0.05, 0.1) is 11.2 Å². The maximum atomic E-state index is 12.9. The number of fused-ring (bicyclic) bond motifs is 1. The van der Waals surface area contributed by atoms with Crippen molar-refractivity contribution in [2.45, 2.75) is 17.8 Å². The van der Waals surface area contributed by atoms with Gasteiger partial charge in [-0.2, -0.15) is 13.2 Å². The molecule has 6 nitrogen and oxygen atoms in total. The molecule has 2 heterocycles. The Morgan fingerprint density at radius 3 is 2.64 bits per heavy atom. The highest BCUT2D eigenvalue weighted by molar-refractivity contribution is 7.99. The second kappa shape index (κ2) is 8.70. The number of thioether (sulfide) groups is 1. The van der Waals surface area contributed by atoms with Gasteiger partial charge in [0, 0.05) is 25.7 Å². The summed E-state index contributed by atoms with van der Waals surface area (Å²) in [6.45, 7) is -0.780. The highest BCUT2D eigenvalue weighted by atomic mass is 32.2. The van der Waals surface area contributed by atoms with Crippen molar-refractivity contribution < 1.29 is 22.6 Å². The summed E-state index contributed by atoms with van der Waals surface area (Å²) in [4.78, 5) is 20.3.